The first-order valence-corrected chi connectivity index (χ1v) is 2.05. The van der Waals surface area contributed by atoms with Crippen molar-refractivity contribution in [2.24, 2.45) is 0 Å². The average molecular weight is 253 g/mol. The second-order valence-electron chi connectivity index (χ2n) is 0.856. The van der Waals surface area contributed by atoms with E-state index in [0.717, 1.165) is 13.1 Å². The van der Waals surface area contributed by atoms with Crippen LogP contribution in [0.15, 0.2) is 0 Å². The largest absolute Gasteiger partial charge is 2.00 e. The molecule has 0 aliphatic carbocycles. The van der Waals surface area contributed by atoms with Crippen LogP contribution in [0.1, 0.15) is 13.8 Å². The van der Waals surface area contributed by atoms with Crippen LogP contribution in [0.5, 0.6) is 0 Å². The minimum atomic E-state index is 0. The van der Waals surface area contributed by atoms with E-state index in [-0.39, 0.29) is 22.4 Å². The molecule has 2 heteroatoms. The van der Waals surface area contributed by atoms with Gasteiger partial charge in [0, 0.05) is 0 Å². The molecular weight excluding hydrogens is 243 g/mol. The average Bonchev–Trinajstić information content (AvgIpc) is 1.41. The van der Waals surface area contributed by atoms with Crippen LogP contribution < -0.4 is 0 Å². The third kappa shape index (κ3) is 8.83. The zero-order chi connectivity index (χ0) is 4.12. The van der Waals surface area contributed by atoms with Gasteiger partial charge in [0.1, 0.15) is 0 Å². The van der Waals surface area contributed by atoms with Crippen LogP contribution in [-0.4, -0.2) is 13.1 Å². The molecule has 0 heterocycles. The number of nitrogens with zero attached hydrogens (tertiary/aromatic N) is 1. The predicted octanol–water partition coefficient (Wildman–Crippen LogP) is 1.40. The van der Waals surface area contributed by atoms with Gasteiger partial charge in [-0.25, -0.2) is 0 Å². The molecule has 35 valence electrons. The molecule has 0 aromatic carbocycles. The zero-order valence-corrected chi connectivity index (χ0v) is 7.52. The fourth-order valence-corrected chi connectivity index (χ4v) is 0.224. The van der Waals surface area contributed by atoms with E-state index in [1.807, 2.05) is 13.8 Å². The molecule has 0 aliphatic rings. The molecule has 0 atom stereocenters. The van der Waals surface area contributed by atoms with Gasteiger partial charge in [0.2, 0.25) is 0 Å². The van der Waals surface area contributed by atoms with Gasteiger partial charge in [-0.3, -0.25) is 0 Å². The molecule has 1 nitrogen and oxygen atoms in total. The summed E-state index contributed by atoms with van der Waals surface area (Å²) in [4.78, 5) is 0. The normalized spacial score (nSPS) is 7.00. The molecular formula is C4H10NTa+. The van der Waals surface area contributed by atoms with E-state index in [9.17, 15) is 0 Å². The van der Waals surface area contributed by atoms with Crippen molar-refractivity contribution in [3.05, 3.63) is 5.32 Å². The van der Waals surface area contributed by atoms with Gasteiger partial charge in [0.15, 0.2) is 0 Å². The van der Waals surface area contributed by atoms with Crippen molar-refractivity contribution in [1.29, 1.82) is 0 Å². The Morgan fingerprint density at radius 3 is 1.50 bits per heavy atom. The molecule has 6 heavy (non-hydrogen) atoms. The predicted molar refractivity (Wildman–Crippen MR) is 24.4 cm³/mol. The minimum absolute atomic E-state index is 0. The van der Waals surface area contributed by atoms with Crippen molar-refractivity contribution in [3.8, 4) is 0 Å². The Hall–Kier alpha value is 0.700. The SMILES string of the molecule is CC[N-]CC.[Ta+2]. The summed E-state index contributed by atoms with van der Waals surface area (Å²) >= 11 is 0. The molecule has 0 aromatic rings. The second kappa shape index (κ2) is 9.20. The molecule has 0 N–H and O–H groups in total. The summed E-state index contributed by atoms with van der Waals surface area (Å²) in [5.74, 6) is 0. The van der Waals surface area contributed by atoms with Crippen LogP contribution in [0, 0.1) is 0 Å². The standard InChI is InChI=1S/C4H10N.Ta/c1-3-5-4-2;/h3-4H2,1-2H3;/q-1;+2. The molecule has 0 amide bonds. The molecule has 0 spiro atoms. The van der Waals surface area contributed by atoms with Crippen molar-refractivity contribution in [3.63, 3.8) is 0 Å². The van der Waals surface area contributed by atoms with Crippen LogP contribution in [0.3, 0.4) is 0 Å². The minimum Gasteiger partial charge on any atom is -0.663 e. The molecule has 0 fully saturated rings. The summed E-state index contributed by atoms with van der Waals surface area (Å²) in [6, 6.07) is 0. The van der Waals surface area contributed by atoms with Crippen LogP contribution in [0.4, 0.5) is 0 Å². The van der Waals surface area contributed by atoms with E-state index >= 15 is 0 Å². The summed E-state index contributed by atoms with van der Waals surface area (Å²) in [5.41, 5.74) is 0. The summed E-state index contributed by atoms with van der Waals surface area (Å²) in [5, 5.41) is 3.97. The fourth-order valence-electron chi connectivity index (χ4n) is 0.224. The van der Waals surface area contributed by atoms with E-state index in [2.05, 4.69) is 5.32 Å². The Labute approximate surface area is 55.0 Å². The van der Waals surface area contributed by atoms with E-state index in [4.69, 9.17) is 0 Å². The van der Waals surface area contributed by atoms with Gasteiger partial charge in [-0.1, -0.05) is 13.8 Å². The number of hydrogen-bond acceptors (Lipinski definition) is 0. The van der Waals surface area contributed by atoms with Crippen LogP contribution in [0.2, 0.25) is 0 Å². The maximum absolute atomic E-state index is 3.97. The zero-order valence-electron chi connectivity index (χ0n) is 4.31. The third-order valence-electron chi connectivity index (χ3n) is 0.447. The quantitative estimate of drug-likeness (QED) is 0.706. The maximum Gasteiger partial charge on any atom is 2.00 e. The van der Waals surface area contributed by atoms with E-state index < -0.39 is 0 Å². The van der Waals surface area contributed by atoms with E-state index in [1.54, 1.807) is 0 Å². The first kappa shape index (κ1) is 9.85. The smallest absolute Gasteiger partial charge is 0.663 e. The Morgan fingerprint density at radius 2 is 1.50 bits per heavy atom. The third-order valence-corrected chi connectivity index (χ3v) is 0.447. The molecule has 0 bridgehead atoms. The van der Waals surface area contributed by atoms with Gasteiger partial charge in [-0.15, -0.1) is 0 Å². The molecule has 0 rings (SSSR count). The monoisotopic (exact) mass is 253 g/mol. The molecule has 1 radical (unpaired) electrons. The van der Waals surface area contributed by atoms with Crippen molar-refractivity contribution >= 4 is 0 Å². The summed E-state index contributed by atoms with van der Waals surface area (Å²) in [6.07, 6.45) is 0. The number of hydrogen-bond donors (Lipinski definition) is 0. The van der Waals surface area contributed by atoms with Crippen LogP contribution >= 0.6 is 0 Å². The second-order valence-corrected chi connectivity index (χ2v) is 0.856. The van der Waals surface area contributed by atoms with Gasteiger partial charge in [-0.2, -0.15) is 13.1 Å². The Balaban J connectivity index is 0. The Bertz CT molecular complexity index is 15.0. The maximum atomic E-state index is 3.97. The Morgan fingerprint density at radius 1 is 1.17 bits per heavy atom. The topological polar surface area (TPSA) is 14.1 Å². The van der Waals surface area contributed by atoms with Gasteiger partial charge < -0.3 is 5.32 Å². The van der Waals surface area contributed by atoms with Crippen molar-refractivity contribution in [1.82, 2.24) is 0 Å². The van der Waals surface area contributed by atoms with E-state index in [0.29, 0.717) is 0 Å². The van der Waals surface area contributed by atoms with E-state index in [1.165, 1.54) is 0 Å². The summed E-state index contributed by atoms with van der Waals surface area (Å²) in [7, 11) is 0. The van der Waals surface area contributed by atoms with Crippen molar-refractivity contribution in [2.45, 2.75) is 13.8 Å². The molecule has 0 saturated carbocycles. The van der Waals surface area contributed by atoms with Crippen LogP contribution in [0.25, 0.3) is 5.32 Å². The molecule has 0 aromatic heterocycles. The van der Waals surface area contributed by atoms with Crippen molar-refractivity contribution < 1.29 is 22.4 Å². The number of rotatable bonds is 2. The van der Waals surface area contributed by atoms with Gasteiger partial charge in [0.25, 0.3) is 0 Å². The molecule has 0 aliphatic heterocycles. The molecule has 0 unspecified atom stereocenters. The van der Waals surface area contributed by atoms with Crippen LogP contribution in [-0.2, 0) is 22.4 Å². The molecule has 0 saturated heterocycles. The summed E-state index contributed by atoms with van der Waals surface area (Å²) < 4.78 is 0. The first-order chi connectivity index (χ1) is 2.41. The van der Waals surface area contributed by atoms with Gasteiger partial charge >= 0.3 is 22.4 Å². The van der Waals surface area contributed by atoms with Gasteiger partial charge in [-0.05, 0) is 0 Å². The van der Waals surface area contributed by atoms with Crippen molar-refractivity contribution in [2.75, 3.05) is 13.1 Å². The first-order valence-electron chi connectivity index (χ1n) is 2.05. The Kier molecular flexibility index (Phi) is 15.1. The fraction of sp³-hybridized carbons (Fsp3) is 1.00. The van der Waals surface area contributed by atoms with Gasteiger partial charge in [0.05, 0.1) is 0 Å². The summed E-state index contributed by atoms with van der Waals surface area (Å²) in [6.45, 7) is 6.03.